The number of hydrogen-bond donors (Lipinski definition) is 2. The van der Waals surface area contributed by atoms with Gasteiger partial charge in [0.25, 0.3) is 0 Å². The molecule has 1 aromatic rings. The summed E-state index contributed by atoms with van der Waals surface area (Å²) in [6, 6.07) is 9.21. The fourth-order valence-corrected chi connectivity index (χ4v) is 1.90. The van der Waals surface area contributed by atoms with Crippen molar-refractivity contribution in [2.45, 2.75) is 39.0 Å². The molecule has 0 unspecified atom stereocenters. The van der Waals surface area contributed by atoms with Gasteiger partial charge in [-0.05, 0) is 18.4 Å². The Morgan fingerprint density at radius 3 is 2.28 bits per heavy atom. The van der Waals surface area contributed by atoms with Crippen LogP contribution in [0, 0.1) is 0 Å². The van der Waals surface area contributed by atoms with Crippen molar-refractivity contribution in [2.75, 3.05) is 0 Å². The number of aliphatic hydroxyl groups excluding tert-OH is 1. The molecule has 0 atom stereocenters. The number of allylic oxidation sites excluding steroid dienone is 1. The van der Waals surface area contributed by atoms with Crippen LogP contribution in [0.2, 0.25) is 0 Å². The molecule has 2 N–H and O–H groups in total. The minimum Gasteiger partial charge on any atom is -0.502 e. The first-order valence-corrected chi connectivity index (χ1v) is 6.37. The van der Waals surface area contributed by atoms with E-state index in [9.17, 15) is 9.90 Å². The largest absolute Gasteiger partial charge is 0.502 e. The van der Waals surface area contributed by atoms with Crippen molar-refractivity contribution < 1.29 is 15.0 Å². The Balaban J connectivity index is 2.84. The minimum atomic E-state index is -1.26. The van der Waals surface area contributed by atoms with Gasteiger partial charge in [-0.1, -0.05) is 56.5 Å². The van der Waals surface area contributed by atoms with Crippen LogP contribution in [0.15, 0.2) is 36.1 Å². The van der Waals surface area contributed by atoms with E-state index in [1.807, 2.05) is 30.3 Å². The predicted octanol–water partition coefficient (Wildman–Crippen LogP) is 4.01. The van der Waals surface area contributed by atoms with Crippen LogP contribution in [0.25, 0.3) is 5.57 Å². The molecule has 0 heterocycles. The molecule has 0 aromatic heterocycles. The summed E-state index contributed by atoms with van der Waals surface area (Å²) in [6.45, 7) is 2.13. The van der Waals surface area contributed by atoms with Gasteiger partial charge in [0.1, 0.15) is 0 Å². The van der Waals surface area contributed by atoms with E-state index in [1.165, 1.54) is 0 Å². The van der Waals surface area contributed by atoms with Crippen LogP contribution < -0.4 is 0 Å². The third-order valence-electron chi connectivity index (χ3n) is 2.89. The van der Waals surface area contributed by atoms with E-state index in [1.54, 1.807) is 0 Å². The summed E-state index contributed by atoms with van der Waals surface area (Å²) in [5.74, 6) is -1.79. The lowest BCUT2D eigenvalue weighted by Gasteiger charge is -2.09. The molecule has 0 aliphatic carbocycles. The standard InChI is InChI=1S/C15H20O3/c1-2-3-4-8-11-13(14(16)15(17)18)12-9-6-5-7-10-12/h5-7,9-10,16H,2-4,8,11H2,1H3,(H,17,18). The first kappa shape index (κ1) is 14.3. The molecule has 0 amide bonds. The van der Waals surface area contributed by atoms with Crippen molar-refractivity contribution in [3.05, 3.63) is 41.7 Å². The van der Waals surface area contributed by atoms with Crippen molar-refractivity contribution in [3.63, 3.8) is 0 Å². The van der Waals surface area contributed by atoms with E-state index in [2.05, 4.69) is 6.92 Å². The average Bonchev–Trinajstić information content (AvgIpc) is 2.39. The Hall–Kier alpha value is -1.77. The fourth-order valence-electron chi connectivity index (χ4n) is 1.90. The highest BCUT2D eigenvalue weighted by molar-refractivity contribution is 5.93. The summed E-state index contributed by atoms with van der Waals surface area (Å²) in [5, 5.41) is 18.6. The van der Waals surface area contributed by atoms with E-state index in [0.717, 1.165) is 31.2 Å². The lowest BCUT2D eigenvalue weighted by Crippen LogP contribution is -2.03. The molecule has 0 bridgehead atoms. The molecule has 3 nitrogen and oxygen atoms in total. The molecule has 98 valence electrons. The maximum Gasteiger partial charge on any atom is 0.371 e. The van der Waals surface area contributed by atoms with Crippen LogP contribution in [0.1, 0.15) is 44.6 Å². The number of aliphatic hydroxyl groups is 1. The number of carbonyl (C=O) groups is 1. The normalized spacial score (nSPS) is 12.1. The van der Waals surface area contributed by atoms with Gasteiger partial charge < -0.3 is 10.2 Å². The van der Waals surface area contributed by atoms with Crippen LogP contribution in [0.3, 0.4) is 0 Å². The second kappa shape index (κ2) is 7.54. The molecule has 0 spiro atoms. The Bertz CT molecular complexity index is 407. The zero-order chi connectivity index (χ0) is 13.4. The van der Waals surface area contributed by atoms with Crippen LogP contribution in [-0.2, 0) is 4.79 Å². The van der Waals surface area contributed by atoms with Gasteiger partial charge in [-0.15, -0.1) is 0 Å². The summed E-state index contributed by atoms with van der Waals surface area (Å²) in [6.07, 6.45) is 4.82. The lowest BCUT2D eigenvalue weighted by atomic mass is 9.98. The molecule has 0 radical (unpaired) electrons. The monoisotopic (exact) mass is 248 g/mol. The molecule has 0 aliphatic rings. The highest BCUT2D eigenvalue weighted by Crippen LogP contribution is 2.24. The number of rotatable bonds is 7. The van der Waals surface area contributed by atoms with Gasteiger partial charge in [-0.2, -0.15) is 0 Å². The molecular formula is C15H20O3. The zero-order valence-electron chi connectivity index (χ0n) is 10.7. The van der Waals surface area contributed by atoms with Crippen molar-refractivity contribution in [1.29, 1.82) is 0 Å². The van der Waals surface area contributed by atoms with Crippen molar-refractivity contribution >= 4 is 11.5 Å². The van der Waals surface area contributed by atoms with E-state index >= 15 is 0 Å². The third kappa shape index (κ3) is 4.24. The van der Waals surface area contributed by atoms with E-state index in [4.69, 9.17) is 5.11 Å². The summed E-state index contributed by atoms with van der Waals surface area (Å²) in [7, 11) is 0. The number of carboxylic acids is 1. The highest BCUT2D eigenvalue weighted by Gasteiger charge is 2.14. The van der Waals surface area contributed by atoms with Gasteiger partial charge in [0.2, 0.25) is 5.76 Å². The first-order valence-electron chi connectivity index (χ1n) is 6.37. The van der Waals surface area contributed by atoms with Crippen molar-refractivity contribution in [3.8, 4) is 0 Å². The molecule has 1 aromatic carbocycles. The highest BCUT2D eigenvalue weighted by atomic mass is 16.4. The lowest BCUT2D eigenvalue weighted by molar-refractivity contribution is -0.135. The Morgan fingerprint density at radius 2 is 1.72 bits per heavy atom. The number of aliphatic carboxylic acids is 1. The van der Waals surface area contributed by atoms with Gasteiger partial charge in [0, 0.05) is 5.57 Å². The minimum absolute atomic E-state index is 0.527. The van der Waals surface area contributed by atoms with E-state index in [-0.39, 0.29) is 0 Å². The number of carboxylic acid groups (broad SMARTS) is 1. The topological polar surface area (TPSA) is 57.5 Å². The van der Waals surface area contributed by atoms with Crippen LogP contribution in [0.5, 0.6) is 0 Å². The second-order valence-electron chi connectivity index (χ2n) is 4.31. The van der Waals surface area contributed by atoms with E-state index in [0.29, 0.717) is 12.0 Å². The van der Waals surface area contributed by atoms with E-state index < -0.39 is 11.7 Å². The van der Waals surface area contributed by atoms with Gasteiger partial charge in [-0.25, -0.2) is 4.79 Å². The molecule has 1 rings (SSSR count). The summed E-state index contributed by atoms with van der Waals surface area (Å²) >= 11 is 0. The SMILES string of the molecule is CCCCCCC(=C(O)C(=O)O)c1ccccc1. The third-order valence-corrected chi connectivity index (χ3v) is 2.89. The van der Waals surface area contributed by atoms with Crippen molar-refractivity contribution in [2.24, 2.45) is 0 Å². The van der Waals surface area contributed by atoms with Crippen LogP contribution >= 0.6 is 0 Å². The average molecular weight is 248 g/mol. The smallest absolute Gasteiger partial charge is 0.371 e. The number of unbranched alkanes of at least 4 members (excludes halogenated alkanes) is 3. The molecule has 0 aliphatic heterocycles. The maximum atomic E-state index is 10.9. The fraction of sp³-hybridized carbons (Fsp3) is 0.400. The molecular weight excluding hydrogens is 228 g/mol. The molecule has 0 fully saturated rings. The van der Waals surface area contributed by atoms with Gasteiger partial charge in [-0.3, -0.25) is 0 Å². The van der Waals surface area contributed by atoms with Crippen molar-refractivity contribution in [1.82, 2.24) is 0 Å². The predicted molar refractivity (Wildman–Crippen MR) is 72.4 cm³/mol. The Morgan fingerprint density at radius 1 is 1.06 bits per heavy atom. The van der Waals surface area contributed by atoms with Gasteiger partial charge >= 0.3 is 5.97 Å². The molecule has 3 heteroatoms. The first-order chi connectivity index (χ1) is 8.66. The maximum absolute atomic E-state index is 10.9. The molecule has 0 saturated heterocycles. The summed E-state index contributed by atoms with van der Waals surface area (Å²) in [5.41, 5.74) is 1.31. The second-order valence-corrected chi connectivity index (χ2v) is 4.31. The Kier molecular flexibility index (Phi) is 5.98. The van der Waals surface area contributed by atoms with Gasteiger partial charge in [0.05, 0.1) is 0 Å². The summed E-state index contributed by atoms with van der Waals surface area (Å²) < 4.78 is 0. The zero-order valence-corrected chi connectivity index (χ0v) is 10.7. The van der Waals surface area contributed by atoms with Crippen LogP contribution in [-0.4, -0.2) is 16.2 Å². The Labute approximate surface area is 108 Å². The number of benzene rings is 1. The van der Waals surface area contributed by atoms with Gasteiger partial charge in [0.15, 0.2) is 0 Å². The molecule has 18 heavy (non-hydrogen) atoms. The van der Waals surface area contributed by atoms with Crippen LogP contribution in [0.4, 0.5) is 0 Å². The quantitative estimate of drug-likeness (QED) is 0.435. The summed E-state index contributed by atoms with van der Waals surface area (Å²) in [4.78, 5) is 10.9. The molecule has 0 saturated carbocycles. The number of hydrogen-bond acceptors (Lipinski definition) is 2.